The van der Waals surface area contributed by atoms with Crippen LogP contribution in [0, 0.1) is 0 Å². The molecule has 1 N–H and O–H groups in total. The molecule has 11 heteroatoms. The van der Waals surface area contributed by atoms with Crippen LogP contribution in [-0.4, -0.2) is 57.5 Å². The molecular formula is C36H40ClN3O6S. The number of hydrogen-bond acceptors (Lipinski definition) is 6. The van der Waals surface area contributed by atoms with E-state index < -0.39 is 34.1 Å². The number of anilines is 1. The van der Waals surface area contributed by atoms with E-state index >= 15 is 0 Å². The van der Waals surface area contributed by atoms with Gasteiger partial charge in [-0.05, 0) is 68.3 Å². The van der Waals surface area contributed by atoms with Crippen LogP contribution in [0.3, 0.4) is 0 Å². The summed E-state index contributed by atoms with van der Waals surface area (Å²) >= 11 is 6.32. The number of ether oxygens (including phenoxy) is 2. The lowest BCUT2D eigenvalue weighted by Gasteiger charge is -2.35. The van der Waals surface area contributed by atoms with Crippen LogP contribution >= 0.6 is 11.6 Å². The Balaban J connectivity index is 1.87. The number of amides is 2. The van der Waals surface area contributed by atoms with Crippen molar-refractivity contribution in [3.05, 3.63) is 119 Å². The summed E-state index contributed by atoms with van der Waals surface area (Å²) in [6, 6.07) is 27.9. The van der Waals surface area contributed by atoms with Crippen LogP contribution in [0.1, 0.15) is 31.9 Å². The molecule has 4 aromatic carbocycles. The van der Waals surface area contributed by atoms with Gasteiger partial charge in [0.2, 0.25) is 11.8 Å². The van der Waals surface area contributed by atoms with Gasteiger partial charge in [-0.3, -0.25) is 13.9 Å². The van der Waals surface area contributed by atoms with Crippen molar-refractivity contribution in [1.29, 1.82) is 0 Å². The normalized spacial score (nSPS) is 12.1. The van der Waals surface area contributed by atoms with E-state index in [9.17, 15) is 18.0 Å². The fourth-order valence-corrected chi connectivity index (χ4v) is 6.71. The number of sulfonamides is 1. The predicted octanol–water partition coefficient (Wildman–Crippen LogP) is 6.11. The molecule has 0 saturated heterocycles. The molecule has 9 nitrogen and oxygen atoms in total. The number of carbonyl (C=O) groups is 2. The van der Waals surface area contributed by atoms with Crippen molar-refractivity contribution < 1.29 is 27.5 Å². The summed E-state index contributed by atoms with van der Waals surface area (Å²) in [6.07, 6.45) is 0.184. The molecule has 0 spiro atoms. The summed E-state index contributed by atoms with van der Waals surface area (Å²) < 4.78 is 40.6. The fraction of sp³-hybridized carbons (Fsp3) is 0.278. The van der Waals surface area contributed by atoms with Crippen molar-refractivity contribution in [2.24, 2.45) is 0 Å². The SMILES string of the molecule is COc1ccc(OC)c(N(CC(=O)N(Cc2cccc(Cl)c2)C(Cc2ccccc2)C(=O)NC(C)(C)C)S(=O)(=O)c2ccccc2)c1. The number of benzene rings is 4. The number of hydrogen-bond donors (Lipinski definition) is 1. The zero-order valence-electron chi connectivity index (χ0n) is 27.1. The average Bonchev–Trinajstić information content (AvgIpc) is 3.04. The van der Waals surface area contributed by atoms with Crippen LogP contribution in [0.4, 0.5) is 5.69 Å². The predicted molar refractivity (Wildman–Crippen MR) is 184 cm³/mol. The second-order valence-corrected chi connectivity index (χ2v) is 14.3. The van der Waals surface area contributed by atoms with Gasteiger partial charge in [-0.1, -0.05) is 72.3 Å². The molecular weight excluding hydrogens is 638 g/mol. The number of rotatable bonds is 13. The molecule has 4 rings (SSSR count). The van der Waals surface area contributed by atoms with E-state index in [4.69, 9.17) is 21.1 Å². The molecule has 47 heavy (non-hydrogen) atoms. The second kappa shape index (κ2) is 15.4. The van der Waals surface area contributed by atoms with Crippen LogP contribution in [0.15, 0.2) is 108 Å². The summed E-state index contributed by atoms with van der Waals surface area (Å²) in [6.45, 7) is 4.92. The van der Waals surface area contributed by atoms with E-state index in [1.54, 1.807) is 54.6 Å². The quantitative estimate of drug-likeness (QED) is 0.183. The highest BCUT2D eigenvalue weighted by Crippen LogP contribution is 2.36. The minimum Gasteiger partial charge on any atom is -0.497 e. The van der Waals surface area contributed by atoms with Crippen LogP contribution in [0.25, 0.3) is 0 Å². The monoisotopic (exact) mass is 677 g/mol. The first-order chi connectivity index (χ1) is 22.3. The van der Waals surface area contributed by atoms with Crippen molar-refractivity contribution >= 4 is 39.1 Å². The van der Waals surface area contributed by atoms with Crippen LogP contribution in [0.2, 0.25) is 5.02 Å². The minimum absolute atomic E-state index is 0.0110. The molecule has 0 fully saturated rings. The summed E-state index contributed by atoms with van der Waals surface area (Å²) in [4.78, 5) is 30.1. The minimum atomic E-state index is -4.32. The number of nitrogens with zero attached hydrogens (tertiary/aromatic N) is 2. The largest absolute Gasteiger partial charge is 0.497 e. The van der Waals surface area contributed by atoms with Crippen LogP contribution < -0.4 is 19.1 Å². The molecule has 0 aromatic heterocycles. The van der Waals surface area contributed by atoms with Crippen molar-refractivity contribution in [2.75, 3.05) is 25.1 Å². The van der Waals surface area contributed by atoms with Gasteiger partial charge in [0.15, 0.2) is 0 Å². The molecule has 0 saturated carbocycles. The van der Waals surface area contributed by atoms with Crippen LogP contribution in [0.5, 0.6) is 11.5 Å². The van der Waals surface area contributed by atoms with Gasteiger partial charge in [-0.2, -0.15) is 0 Å². The number of nitrogens with one attached hydrogen (secondary N) is 1. The Bertz CT molecular complexity index is 1780. The molecule has 0 bridgehead atoms. The first-order valence-corrected chi connectivity index (χ1v) is 16.8. The molecule has 0 aliphatic carbocycles. The molecule has 0 radical (unpaired) electrons. The lowest BCUT2D eigenvalue weighted by Crippen LogP contribution is -2.56. The Morgan fingerprint density at radius 2 is 1.47 bits per heavy atom. The molecule has 1 unspecified atom stereocenters. The van der Waals surface area contributed by atoms with E-state index in [0.29, 0.717) is 16.3 Å². The van der Waals surface area contributed by atoms with Gasteiger partial charge < -0.3 is 19.7 Å². The van der Waals surface area contributed by atoms with Crippen molar-refractivity contribution in [1.82, 2.24) is 10.2 Å². The zero-order chi connectivity index (χ0) is 34.2. The summed E-state index contributed by atoms with van der Waals surface area (Å²) in [7, 11) is -1.45. The average molecular weight is 678 g/mol. The molecule has 0 aliphatic heterocycles. The van der Waals surface area contributed by atoms with Gasteiger partial charge in [0.05, 0.1) is 24.8 Å². The third kappa shape index (κ3) is 9.27. The van der Waals surface area contributed by atoms with E-state index in [2.05, 4.69) is 5.32 Å². The summed E-state index contributed by atoms with van der Waals surface area (Å²) in [5.74, 6) is -0.415. The van der Waals surface area contributed by atoms with E-state index in [1.807, 2.05) is 51.1 Å². The summed E-state index contributed by atoms with van der Waals surface area (Å²) in [5.41, 5.74) is 0.996. The van der Waals surface area contributed by atoms with Gasteiger partial charge in [-0.25, -0.2) is 8.42 Å². The van der Waals surface area contributed by atoms with Gasteiger partial charge >= 0.3 is 0 Å². The Morgan fingerprint density at radius 3 is 2.06 bits per heavy atom. The Labute approximate surface area is 282 Å². The lowest BCUT2D eigenvalue weighted by molar-refractivity contribution is -0.140. The third-order valence-electron chi connectivity index (χ3n) is 7.28. The lowest BCUT2D eigenvalue weighted by atomic mass is 10.0. The first-order valence-electron chi connectivity index (χ1n) is 15.0. The van der Waals surface area contributed by atoms with E-state index in [-0.39, 0.29) is 35.2 Å². The topological polar surface area (TPSA) is 105 Å². The zero-order valence-corrected chi connectivity index (χ0v) is 28.7. The number of carbonyl (C=O) groups excluding carboxylic acids is 2. The smallest absolute Gasteiger partial charge is 0.264 e. The Kier molecular flexibility index (Phi) is 11.5. The maximum atomic E-state index is 14.7. The van der Waals surface area contributed by atoms with Gasteiger partial charge in [0.25, 0.3) is 10.0 Å². The molecule has 4 aromatic rings. The van der Waals surface area contributed by atoms with Crippen molar-refractivity contribution in [3.8, 4) is 11.5 Å². The highest BCUT2D eigenvalue weighted by molar-refractivity contribution is 7.92. The third-order valence-corrected chi connectivity index (χ3v) is 9.29. The highest BCUT2D eigenvalue weighted by atomic mass is 35.5. The van der Waals surface area contributed by atoms with Crippen molar-refractivity contribution in [2.45, 2.75) is 50.2 Å². The maximum Gasteiger partial charge on any atom is 0.264 e. The number of methoxy groups -OCH3 is 2. The summed E-state index contributed by atoms with van der Waals surface area (Å²) in [5, 5.41) is 3.48. The van der Waals surface area contributed by atoms with Gasteiger partial charge in [0.1, 0.15) is 24.1 Å². The standard InChI is InChI=1S/C36H40ClN3O6S/c1-36(2,3)38-35(42)32(22-26-13-8-6-9-14-26)39(24-27-15-12-16-28(37)21-27)34(41)25-40(47(43,44)30-17-10-7-11-18-30)31-23-29(45-4)19-20-33(31)46-5/h6-21,23,32H,22,24-25H2,1-5H3,(H,38,42). The Hall–Kier alpha value is -4.54. The fourth-order valence-electron chi connectivity index (χ4n) is 5.06. The van der Waals surface area contributed by atoms with E-state index in [1.165, 1.54) is 37.3 Å². The molecule has 2 amide bonds. The van der Waals surface area contributed by atoms with E-state index in [0.717, 1.165) is 9.87 Å². The molecule has 0 aliphatic rings. The second-order valence-electron chi connectivity index (χ2n) is 12.0. The maximum absolute atomic E-state index is 14.7. The molecule has 0 heterocycles. The molecule has 248 valence electrons. The highest BCUT2D eigenvalue weighted by Gasteiger charge is 2.36. The van der Waals surface area contributed by atoms with Gasteiger partial charge in [-0.15, -0.1) is 0 Å². The first kappa shape index (κ1) is 35.3. The van der Waals surface area contributed by atoms with Crippen LogP contribution in [-0.2, 0) is 32.6 Å². The number of halogens is 1. The Morgan fingerprint density at radius 1 is 0.830 bits per heavy atom. The van der Waals surface area contributed by atoms with Crippen molar-refractivity contribution in [3.63, 3.8) is 0 Å². The molecule has 1 atom stereocenters. The van der Waals surface area contributed by atoms with Gasteiger partial charge in [0, 0.05) is 29.6 Å².